The number of carbonyl (C=O) groups is 6. The van der Waals surface area contributed by atoms with Crippen molar-refractivity contribution in [1.29, 1.82) is 0 Å². The highest BCUT2D eigenvalue weighted by atomic mass is 16.6. The number of fused-ring (bicyclic) bond motifs is 2. The number of hydrogen-bond donors (Lipinski definition) is 2. The molecule has 4 unspecified atom stereocenters. The number of likely N-dealkylation sites (tertiary alicyclic amines) is 1. The molecule has 2 saturated heterocycles. The van der Waals surface area contributed by atoms with Gasteiger partial charge in [0.1, 0.15) is 17.2 Å². The summed E-state index contributed by atoms with van der Waals surface area (Å²) in [6.45, 7) is 8.83. The van der Waals surface area contributed by atoms with Gasteiger partial charge in [0.05, 0.1) is 18.3 Å². The average Bonchev–Trinajstić information content (AvgIpc) is 3.82. The minimum atomic E-state index is -1.81. The number of methoxy groups -OCH3 is 1. The fourth-order valence-electron chi connectivity index (χ4n) is 8.61. The Labute approximate surface area is 348 Å². The van der Waals surface area contributed by atoms with Gasteiger partial charge in [0.25, 0.3) is 17.7 Å². The minimum absolute atomic E-state index is 0.109. The van der Waals surface area contributed by atoms with Gasteiger partial charge in [-0.3, -0.25) is 28.9 Å². The number of likely N-dealkylation sites (N-methyl/N-ethyl adjacent to an activating group) is 1. The molecule has 4 atom stereocenters. The number of benzene rings is 2. The Hall–Kier alpha value is -4.98. The SMILES string of the molecule is CCCCCCCCCCCCC(Oc1ccc(OC(C)=O)c(C)c1)C(=O)Nc1ccc(OC)c(NC(=O)C(C(=O)C23CCC(CN2C)C3)N2C(=O)OC(C)(C)C2=O)c1. The average molecular weight is 819 g/mol. The van der Waals surface area contributed by atoms with Crippen LogP contribution >= 0.6 is 0 Å². The van der Waals surface area contributed by atoms with Crippen molar-refractivity contribution in [2.45, 2.75) is 148 Å². The second-order valence-corrected chi connectivity index (χ2v) is 16.8. The number of unbranched alkanes of at least 4 members (excludes halogenated alkanes) is 9. The van der Waals surface area contributed by atoms with Gasteiger partial charge in [-0.05, 0) is 108 Å². The monoisotopic (exact) mass is 818 g/mol. The first-order valence-electron chi connectivity index (χ1n) is 21.2. The molecular formula is C45H62N4O10. The first-order chi connectivity index (χ1) is 28.1. The summed E-state index contributed by atoms with van der Waals surface area (Å²) in [7, 11) is 3.23. The number of ketones is 1. The van der Waals surface area contributed by atoms with Gasteiger partial charge in [0, 0.05) is 19.2 Å². The van der Waals surface area contributed by atoms with E-state index in [-0.39, 0.29) is 17.4 Å². The standard InChI is InChI=1S/C45H62N4O10/c1-8-9-10-11-12-13-14-15-16-17-18-37(58-33-20-22-35(29(2)25-33)57-30(3)50)40(52)46-32-19-21-36(56-7)34(26-32)47-41(53)38(49-42(54)44(4,5)59-43(49)55)39(51)45-24-23-31(27-45)28-48(45)6/h19-22,25-26,31,37-38H,8-18,23-24,27-28H2,1-7H3,(H,46,52)(H,47,53). The van der Waals surface area contributed by atoms with Gasteiger partial charge in [0.15, 0.2) is 23.5 Å². The third-order valence-corrected chi connectivity index (χ3v) is 11.9. The van der Waals surface area contributed by atoms with Crippen molar-refractivity contribution in [3.8, 4) is 17.2 Å². The number of nitrogens with one attached hydrogen (secondary N) is 2. The van der Waals surface area contributed by atoms with Crippen LogP contribution in [0.15, 0.2) is 36.4 Å². The van der Waals surface area contributed by atoms with Crippen molar-refractivity contribution in [3.05, 3.63) is 42.0 Å². The Morgan fingerprint density at radius 1 is 0.898 bits per heavy atom. The fraction of sp³-hybridized carbons (Fsp3) is 0.600. The van der Waals surface area contributed by atoms with Crippen LogP contribution < -0.4 is 24.8 Å². The highest BCUT2D eigenvalue weighted by Crippen LogP contribution is 2.47. The Kier molecular flexibility index (Phi) is 15.2. The number of imide groups is 1. The van der Waals surface area contributed by atoms with E-state index in [4.69, 9.17) is 18.9 Å². The topological polar surface area (TPSA) is 170 Å². The summed E-state index contributed by atoms with van der Waals surface area (Å²) < 4.78 is 22.4. The van der Waals surface area contributed by atoms with E-state index in [1.54, 1.807) is 37.3 Å². The Balaban J connectivity index is 1.33. The van der Waals surface area contributed by atoms with Crippen LogP contribution in [0.2, 0.25) is 0 Å². The van der Waals surface area contributed by atoms with Crippen LogP contribution in [0.1, 0.15) is 123 Å². The molecule has 14 nitrogen and oxygen atoms in total. The van der Waals surface area contributed by atoms with E-state index in [0.717, 1.165) is 32.1 Å². The molecule has 2 bridgehead atoms. The number of Topliss-reactive ketones (excluding diaryl/α,β-unsaturated/α-hetero) is 1. The Morgan fingerprint density at radius 2 is 1.56 bits per heavy atom. The zero-order valence-electron chi connectivity index (χ0n) is 35.8. The van der Waals surface area contributed by atoms with Crippen LogP contribution in [-0.4, -0.2) is 89.4 Å². The molecule has 1 aliphatic carbocycles. The highest BCUT2D eigenvalue weighted by molar-refractivity contribution is 6.20. The van der Waals surface area contributed by atoms with Crippen LogP contribution in [0.3, 0.4) is 0 Å². The smallest absolute Gasteiger partial charge is 0.418 e. The first-order valence-corrected chi connectivity index (χ1v) is 21.2. The molecule has 4 amide bonds. The molecule has 2 N–H and O–H groups in total. The molecule has 2 heterocycles. The molecule has 2 aromatic carbocycles. The molecule has 59 heavy (non-hydrogen) atoms. The van der Waals surface area contributed by atoms with Crippen molar-refractivity contribution >= 4 is 46.9 Å². The molecule has 5 rings (SSSR count). The fourth-order valence-corrected chi connectivity index (χ4v) is 8.61. The highest BCUT2D eigenvalue weighted by Gasteiger charge is 2.61. The third kappa shape index (κ3) is 10.8. The largest absolute Gasteiger partial charge is 0.495 e. The van der Waals surface area contributed by atoms with Crippen molar-refractivity contribution in [2.75, 3.05) is 31.3 Å². The molecule has 3 fully saturated rings. The molecule has 0 spiro atoms. The zero-order chi connectivity index (χ0) is 42.9. The number of piperidine rings is 1. The van der Waals surface area contributed by atoms with E-state index >= 15 is 0 Å². The maximum atomic E-state index is 14.5. The van der Waals surface area contributed by atoms with Crippen molar-refractivity contribution < 1.29 is 47.7 Å². The molecule has 0 radical (unpaired) electrons. The number of esters is 1. The van der Waals surface area contributed by atoms with Gasteiger partial charge >= 0.3 is 12.1 Å². The third-order valence-electron chi connectivity index (χ3n) is 11.9. The van der Waals surface area contributed by atoms with Gasteiger partial charge in [0.2, 0.25) is 0 Å². The second kappa shape index (κ2) is 19.8. The second-order valence-electron chi connectivity index (χ2n) is 16.8. The maximum Gasteiger partial charge on any atom is 0.418 e. The van der Waals surface area contributed by atoms with Crippen LogP contribution in [0, 0.1) is 12.8 Å². The summed E-state index contributed by atoms with van der Waals surface area (Å²) in [6.07, 6.45) is 11.6. The van der Waals surface area contributed by atoms with E-state index < -0.39 is 58.9 Å². The number of hydrogen-bond acceptors (Lipinski definition) is 11. The van der Waals surface area contributed by atoms with Gasteiger partial charge in [-0.15, -0.1) is 0 Å². The van der Waals surface area contributed by atoms with Crippen molar-refractivity contribution in [1.82, 2.24) is 9.80 Å². The van der Waals surface area contributed by atoms with E-state index in [2.05, 4.69) is 17.6 Å². The maximum absolute atomic E-state index is 14.5. The van der Waals surface area contributed by atoms with Gasteiger partial charge in [-0.25, -0.2) is 9.69 Å². The number of amides is 4. The van der Waals surface area contributed by atoms with Gasteiger partial charge < -0.3 is 29.6 Å². The van der Waals surface area contributed by atoms with Gasteiger partial charge in [-0.1, -0.05) is 64.7 Å². The predicted octanol–water partition coefficient (Wildman–Crippen LogP) is 7.74. The van der Waals surface area contributed by atoms with Crippen LogP contribution in [0.4, 0.5) is 16.2 Å². The molecule has 3 aliphatic rings. The zero-order valence-corrected chi connectivity index (χ0v) is 35.8. The number of anilines is 2. The summed E-state index contributed by atoms with van der Waals surface area (Å²) in [5.41, 5.74) is -1.49. The molecule has 14 heteroatoms. The Bertz CT molecular complexity index is 1880. The molecule has 0 aromatic heterocycles. The van der Waals surface area contributed by atoms with E-state index in [1.807, 2.05) is 11.9 Å². The lowest BCUT2D eigenvalue weighted by Crippen LogP contribution is -2.62. The summed E-state index contributed by atoms with van der Waals surface area (Å²) in [6, 6.07) is 7.84. The lowest BCUT2D eigenvalue weighted by Gasteiger charge is -2.38. The van der Waals surface area contributed by atoms with E-state index in [0.29, 0.717) is 53.5 Å². The van der Waals surface area contributed by atoms with Crippen LogP contribution in [0.25, 0.3) is 0 Å². The lowest BCUT2D eigenvalue weighted by molar-refractivity contribution is -0.146. The minimum Gasteiger partial charge on any atom is -0.495 e. The number of ether oxygens (including phenoxy) is 4. The first kappa shape index (κ1) is 45.1. The number of cyclic esters (lactones) is 1. The Morgan fingerprint density at radius 3 is 2.12 bits per heavy atom. The van der Waals surface area contributed by atoms with Crippen molar-refractivity contribution in [2.24, 2.45) is 5.92 Å². The molecular weight excluding hydrogens is 757 g/mol. The van der Waals surface area contributed by atoms with Crippen LogP contribution in [-0.2, 0) is 28.7 Å². The number of nitrogens with zero attached hydrogens (tertiary/aromatic N) is 2. The van der Waals surface area contributed by atoms with E-state index in [9.17, 15) is 28.8 Å². The number of carbonyl (C=O) groups excluding carboxylic acids is 6. The summed E-state index contributed by atoms with van der Waals surface area (Å²) in [5, 5.41) is 5.65. The molecule has 2 aromatic rings. The van der Waals surface area contributed by atoms with Crippen molar-refractivity contribution in [3.63, 3.8) is 0 Å². The molecule has 1 saturated carbocycles. The molecule has 2 aliphatic heterocycles. The number of aryl methyl sites for hydroxylation is 1. The summed E-state index contributed by atoms with van der Waals surface area (Å²) in [5.74, 6) is -1.80. The molecule has 322 valence electrons. The summed E-state index contributed by atoms with van der Waals surface area (Å²) in [4.78, 5) is 83.7. The van der Waals surface area contributed by atoms with Gasteiger partial charge in [-0.2, -0.15) is 0 Å². The lowest BCUT2D eigenvalue weighted by atomic mass is 9.86. The predicted molar refractivity (Wildman–Crippen MR) is 223 cm³/mol. The van der Waals surface area contributed by atoms with Crippen LogP contribution in [0.5, 0.6) is 17.2 Å². The number of rotatable bonds is 22. The summed E-state index contributed by atoms with van der Waals surface area (Å²) >= 11 is 0. The quantitative estimate of drug-likeness (QED) is 0.0516. The normalized spacial score (nSPS) is 20.5. The van der Waals surface area contributed by atoms with E-state index in [1.165, 1.54) is 72.5 Å².